The van der Waals surface area contributed by atoms with E-state index in [9.17, 15) is 20.2 Å². The zero-order valence-electron chi connectivity index (χ0n) is 10.4. The lowest BCUT2D eigenvalue weighted by molar-refractivity contribution is -0.385. The molecular weight excluding hydrogens is 284 g/mol. The summed E-state index contributed by atoms with van der Waals surface area (Å²) in [6.07, 6.45) is 3.99. The molecule has 1 aliphatic rings. The van der Waals surface area contributed by atoms with Gasteiger partial charge in [-0.15, -0.1) is 0 Å². The van der Waals surface area contributed by atoms with Crippen LogP contribution >= 0.6 is 11.6 Å². The number of hydrogen-bond donors (Lipinski definition) is 1. The maximum absolute atomic E-state index is 12.2. The van der Waals surface area contributed by atoms with Crippen molar-refractivity contribution in [3.8, 4) is 6.07 Å². The van der Waals surface area contributed by atoms with Gasteiger partial charge < -0.3 is 5.32 Å². The third-order valence-corrected chi connectivity index (χ3v) is 3.61. The van der Waals surface area contributed by atoms with E-state index in [1.807, 2.05) is 0 Å². The molecule has 2 rings (SSSR count). The van der Waals surface area contributed by atoms with E-state index in [4.69, 9.17) is 11.6 Å². The van der Waals surface area contributed by atoms with Crippen LogP contribution in [0.15, 0.2) is 12.3 Å². The van der Waals surface area contributed by atoms with Crippen LogP contribution in [0.4, 0.5) is 5.69 Å². The Morgan fingerprint density at radius 3 is 2.75 bits per heavy atom. The van der Waals surface area contributed by atoms with Gasteiger partial charge in [-0.05, 0) is 31.7 Å². The van der Waals surface area contributed by atoms with E-state index in [1.54, 1.807) is 0 Å². The van der Waals surface area contributed by atoms with Crippen LogP contribution < -0.4 is 5.32 Å². The highest BCUT2D eigenvalue weighted by Gasteiger charge is 2.37. The lowest BCUT2D eigenvalue weighted by Gasteiger charge is -2.21. The largest absolute Gasteiger partial charge is 0.333 e. The van der Waals surface area contributed by atoms with Gasteiger partial charge in [0.05, 0.1) is 11.0 Å². The Bertz CT molecular complexity index is 605. The highest BCUT2D eigenvalue weighted by atomic mass is 35.5. The van der Waals surface area contributed by atoms with Crippen molar-refractivity contribution in [3.05, 3.63) is 33.1 Å². The van der Waals surface area contributed by atoms with Crippen LogP contribution in [-0.4, -0.2) is 21.4 Å². The van der Waals surface area contributed by atoms with Gasteiger partial charge in [0.15, 0.2) is 0 Å². The summed E-state index contributed by atoms with van der Waals surface area (Å²) in [5.74, 6) is -0.676. The van der Waals surface area contributed by atoms with E-state index in [-0.39, 0.29) is 10.7 Å². The maximum Gasteiger partial charge on any atom is 0.319 e. The number of rotatable bonds is 3. The van der Waals surface area contributed by atoms with Crippen molar-refractivity contribution < 1.29 is 9.72 Å². The molecule has 0 spiro atoms. The number of carbonyl (C=O) groups excluding carboxylic acids is 1. The van der Waals surface area contributed by atoms with Crippen LogP contribution in [0.2, 0.25) is 5.15 Å². The minimum atomic E-state index is -0.944. The van der Waals surface area contributed by atoms with Crippen molar-refractivity contribution in [2.24, 2.45) is 0 Å². The van der Waals surface area contributed by atoms with Gasteiger partial charge in [-0.1, -0.05) is 11.6 Å². The van der Waals surface area contributed by atoms with Crippen LogP contribution in [0.3, 0.4) is 0 Å². The molecule has 1 fully saturated rings. The molecule has 0 aromatic carbocycles. The zero-order valence-corrected chi connectivity index (χ0v) is 11.2. The number of halogens is 1. The second-order valence-corrected chi connectivity index (χ2v) is 4.97. The number of nitro groups is 1. The first-order chi connectivity index (χ1) is 9.49. The van der Waals surface area contributed by atoms with E-state index >= 15 is 0 Å². The molecule has 20 heavy (non-hydrogen) atoms. The number of aromatic nitrogens is 1. The molecule has 7 nitrogen and oxygen atoms in total. The number of carbonyl (C=O) groups is 1. The Kier molecular flexibility index (Phi) is 3.86. The summed E-state index contributed by atoms with van der Waals surface area (Å²) >= 11 is 5.66. The zero-order chi connectivity index (χ0) is 14.8. The molecule has 1 aliphatic carbocycles. The molecule has 1 aromatic heterocycles. The van der Waals surface area contributed by atoms with Gasteiger partial charge in [0.2, 0.25) is 5.15 Å². The fourth-order valence-electron chi connectivity index (χ4n) is 2.31. The third kappa shape index (κ3) is 2.56. The second-order valence-electron chi connectivity index (χ2n) is 4.61. The molecular formula is C12H11ClN4O3. The molecule has 0 bridgehead atoms. The van der Waals surface area contributed by atoms with Crippen molar-refractivity contribution in [1.82, 2.24) is 10.3 Å². The Hall–Kier alpha value is -2.20. The molecule has 0 saturated heterocycles. The summed E-state index contributed by atoms with van der Waals surface area (Å²) in [5.41, 5.74) is -1.67. The number of amides is 1. The van der Waals surface area contributed by atoms with Crippen LogP contribution in [0.25, 0.3) is 0 Å². The van der Waals surface area contributed by atoms with Crippen LogP contribution in [-0.2, 0) is 0 Å². The fraction of sp³-hybridized carbons (Fsp3) is 0.417. The molecule has 0 radical (unpaired) electrons. The van der Waals surface area contributed by atoms with Gasteiger partial charge in [-0.3, -0.25) is 14.9 Å². The predicted molar refractivity (Wildman–Crippen MR) is 70.2 cm³/mol. The van der Waals surface area contributed by atoms with E-state index in [2.05, 4.69) is 16.4 Å². The van der Waals surface area contributed by atoms with Crippen LogP contribution in [0.5, 0.6) is 0 Å². The first kappa shape index (κ1) is 14.2. The first-order valence-electron chi connectivity index (χ1n) is 6.02. The van der Waals surface area contributed by atoms with Crippen molar-refractivity contribution in [3.63, 3.8) is 0 Å². The monoisotopic (exact) mass is 294 g/mol. The van der Waals surface area contributed by atoms with E-state index < -0.39 is 22.1 Å². The molecule has 1 amide bonds. The number of pyridine rings is 1. The van der Waals surface area contributed by atoms with Gasteiger partial charge in [0.1, 0.15) is 11.1 Å². The molecule has 0 atom stereocenters. The summed E-state index contributed by atoms with van der Waals surface area (Å²) < 4.78 is 0. The van der Waals surface area contributed by atoms with E-state index in [0.717, 1.165) is 12.8 Å². The molecule has 0 aliphatic heterocycles. The molecule has 104 valence electrons. The Balaban J connectivity index is 2.33. The number of nitrogens with one attached hydrogen (secondary N) is 1. The van der Waals surface area contributed by atoms with Crippen molar-refractivity contribution in [2.45, 2.75) is 31.2 Å². The lowest BCUT2D eigenvalue weighted by atomic mass is 9.99. The van der Waals surface area contributed by atoms with Crippen molar-refractivity contribution in [2.75, 3.05) is 0 Å². The second kappa shape index (κ2) is 5.43. The summed E-state index contributed by atoms with van der Waals surface area (Å²) in [5, 5.41) is 22.4. The quantitative estimate of drug-likeness (QED) is 0.522. The average molecular weight is 295 g/mol. The highest BCUT2D eigenvalue weighted by molar-refractivity contribution is 6.32. The normalized spacial score (nSPS) is 16.4. The topological polar surface area (TPSA) is 109 Å². The van der Waals surface area contributed by atoms with Gasteiger partial charge in [0, 0.05) is 6.20 Å². The Morgan fingerprint density at radius 2 is 2.20 bits per heavy atom. The average Bonchev–Trinajstić information content (AvgIpc) is 2.87. The first-order valence-corrected chi connectivity index (χ1v) is 6.39. The van der Waals surface area contributed by atoms with Gasteiger partial charge in [-0.2, -0.15) is 5.26 Å². The predicted octanol–water partition coefficient (Wildman–Crippen LogP) is 2.21. The standard InChI is InChI=1S/C12H11ClN4O3/c13-10-9(17(19)20)8(3-6-15-10)11(18)16-12(7-14)4-1-2-5-12/h3,6H,1-2,4-5H2,(H,16,18). The van der Waals surface area contributed by atoms with Gasteiger partial charge in [-0.25, -0.2) is 4.98 Å². The summed E-state index contributed by atoms with van der Waals surface area (Å²) in [4.78, 5) is 26.0. The molecule has 1 saturated carbocycles. The molecule has 0 unspecified atom stereocenters. The summed E-state index contributed by atoms with van der Waals surface area (Å²) in [7, 11) is 0. The minimum absolute atomic E-state index is 0.184. The van der Waals surface area contributed by atoms with Gasteiger partial charge >= 0.3 is 5.69 Å². The number of hydrogen-bond acceptors (Lipinski definition) is 5. The smallest absolute Gasteiger partial charge is 0.319 e. The highest BCUT2D eigenvalue weighted by Crippen LogP contribution is 2.31. The third-order valence-electron chi connectivity index (χ3n) is 3.33. The molecule has 1 heterocycles. The molecule has 8 heteroatoms. The van der Waals surface area contributed by atoms with E-state index in [1.165, 1.54) is 12.3 Å². The number of nitrogens with zero attached hydrogens (tertiary/aromatic N) is 3. The minimum Gasteiger partial charge on any atom is -0.333 e. The van der Waals surface area contributed by atoms with Crippen molar-refractivity contribution in [1.29, 1.82) is 5.26 Å². The van der Waals surface area contributed by atoms with E-state index in [0.29, 0.717) is 12.8 Å². The molecule has 1 N–H and O–H groups in total. The van der Waals surface area contributed by atoms with Gasteiger partial charge in [0.25, 0.3) is 5.91 Å². The molecule has 1 aromatic rings. The van der Waals surface area contributed by atoms with Crippen LogP contribution in [0.1, 0.15) is 36.0 Å². The Labute approximate surface area is 119 Å². The SMILES string of the molecule is N#CC1(NC(=O)c2ccnc(Cl)c2[N+](=O)[O-])CCCC1. The lowest BCUT2D eigenvalue weighted by Crippen LogP contribution is -2.45. The van der Waals surface area contributed by atoms with Crippen molar-refractivity contribution >= 4 is 23.2 Å². The maximum atomic E-state index is 12.2. The summed E-state index contributed by atoms with van der Waals surface area (Å²) in [6, 6.07) is 3.31. The number of nitriles is 1. The van der Waals surface area contributed by atoms with Crippen LogP contribution in [0, 0.1) is 21.4 Å². The summed E-state index contributed by atoms with van der Waals surface area (Å²) in [6.45, 7) is 0. The Morgan fingerprint density at radius 1 is 1.55 bits per heavy atom. The fourth-order valence-corrected chi connectivity index (χ4v) is 2.54.